The van der Waals surface area contributed by atoms with E-state index < -0.39 is 0 Å². The van der Waals surface area contributed by atoms with Gasteiger partial charge in [-0.3, -0.25) is 0 Å². The van der Waals surface area contributed by atoms with Gasteiger partial charge in [0.1, 0.15) is 12.4 Å². The number of hydrogen-bond acceptors (Lipinski definition) is 2. The molecule has 0 saturated carbocycles. The van der Waals surface area contributed by atoms with Crippen molar-refractivity contribution in [3.8, 4) is 5.75 Å². The van der Waals surface area contributed by atoms with Gasteiger partial charge in [-0.25, -0.2) is 0 Å². The second kappa shape index (κ2) is 4.87. The number of likely N-dealkylation sites (N-methyl/N-ethyl adjacent to an activating group) is 1. The van der Waals surface area contributed by atoms with Crippen molar-refractivity contribution in [2.45, 2.75) is 13.8 Å². The molecule has 0 aliphatic carbocycles. The molecule has 2 heteroatoms. The Morgan fingerprint density at radius 2 is 1.85 bits per heavy atom. The van der Waals surface area contributed by atoms with Crippen LogP contribution in [0.15, 0.2) is 18.2 Å². The van der Waals surface area contributed by atoms with Gasteiger partial charge in [0.2, 0.25) is 0 Å². The molecule has 0 radical (unpaired) electrons. The van der Waals surface area contributed by atoms with E-state index >= 15 is 0 Å². The Morgan fingerprint density at radius 3 is 2.38 bits per heavy atom. The van der Waals surface area contributed by atoms with Crippen LogP contribution in [0.4, 0.5) is 0 Å². The number of ether oxygens (including phenoxy) is 1. The molecule has 0 heterocycles. The van der Waals surface area contributed by atoms with Gasteiger partial charge in [-0.1, -0.05) is 18.2 Å². The monoisotopic (exact) mass is 179 g/mol. The summed E-state index contributed by atoms with van der Waals surface area (Å²) < 4.78 is 5.65. The summed E-state index contributed by atoms with van der Waals surface area (Å²) in [5.74, 6) is 1.03. The molecule has 1 aromatic carbocycles. The average molecular weight is 179 g/mol. The summed E-state index contributed by atoms with van der Waals surface area (Å²) in [6.45, 7) is 5.75. The molecule has 0 fully saturated rings. The fourth-order valence-corrected chi connectivity index (χ4v) is 1.28. The molecule has 0 amide bonds. The highest BCUT2D eigenvalue weighted by molar-refractivity contribution is 5.39. The summed E-state index contributed by atoms with van der Waals surface area (Å²) in [5, 5.41) is 3.05. The van der Waals surface area contributed by atoms with E-state index in [1.54, 1.807) is 0 Å². The lowest BCUT2D eigenvalue weighted by molar-refractivity contribution is 0.314. The smallest absolute Gasteiger partial charge is 0.125 e. The zero-order valence-electron chi connectivity index (χ0n) is 8.55. The summed E-state index contributed by atoms with van der Waals surface area (Å²) in [7, 11) is 1.92. The van der Waals surface area contributed by atoms with Crippen LogP contribution >= 0.6 is 0 Å². The second-order valence-corrected chi connectivity index (χ2v) is 3.17. The fraction of sp³-hybridized carbons (Fsp3) is 0.455. The van der Waals surface area contributed by atoms with E-state index in [0.29, 0.717) is 0 Å². The minimum absolute atomic E-state index is 0.724. The van der Waals surface area contributed by atoms with Gasteiger partial charge in [0.25, 0.3) is 0 Å². The Morgan fingerprint density at radius 1 is 1.23 bits per heavy atom. The molecule has 0 spiro atoms. The lowest BCUT2D eigenvalue weighted by Crippen LogP contribution is -2.16. The Balaban J connectivity index is 2.64. The van der Waals surface area contributed by atoms with E-state index in [1.807, 2.05) is 7.05 Å². The van der Waals surface area contributed by atoms with Crippen molar-refractivity contribution in [1.82, 2.24) is 5.32 Å². The van der Waals surface area contributed by atoms with Gasteiger partial charge in [-0.05, 0) is 32.0 Å². The molecule has 0 aliphatic rings. The molecule has 0 bridgehead atoms. The molecule has 0 saturated heterocycles. The van der Waals surface area contributed by atoms with Crippen LogP contribution in [0.5, 0.6) is 5.75 Å². The third-order valence-electron chi connectivity index (χ3n) is 2.01. The quantitative estimate of drug-likeness (QED) is 0.713. The lowest BCUT2D eigenvalue weighted by atomic mass is 10.1. The molecule has 1 aromatic rings. The van der Waals surface area contributed by atoms with E-state index in [2.05, 4.69) is 37.4 Å². The molecule has 2 nitrogen and oxygen atoms in total. The van der Waals surface area contributed by atoms with Crippen LogP contribution in [-0.4, -0.2) is 20.2 Å². The standard InChI is InChI=1S/C11H17NO/c1-9-5-4-6-10(2)11(9)13-8-7-12-3/h4-6,12H,7-8H2,1-3H3. The third-order valence-corrected chi connectivity index (χ3v) is 2.01. The van der Waals surface area contributed by atoms with Gasteiger partial charge >= 0.3 is 0 Å². The Hall–Kier alpha value is -1.02. The highest BCUT2D eigenvalue weighted by atomic mass is 16.5. The lowest BCUT2D eigenvalue weighted by Gasteiger charge is -2.11. The third kappa shape index (κ3) is 2.74. The van der Waals surface area contributed by atoms with E-state index in [9.17, 15) is 0 Å². The molecule has 0 unspecified atom stereocenters. The maximum absolute atomic E-state index is 5.65. The molecule has 72 valence electrons. The summed E-state index contributed by atoms with van der Waals surface area (Å²) in [4.78, 5) is 0. The van der Waals surface area contributed by atoms with Crippen molar-refractivity contribution < 1.29 is 4.74 Å². The molecule has 13 heavy (non-hydrogen) atoms. The molecule has 1 rings (SSSR count). The Bertz CT molecular complexity index is 251. The SMILES string of the molecule is CNCCOc1c(C)cccc1C. The first-order valence-electron chi connectivity index (χ1n) is 4.59. The number of hydrogen-bond donors (Lipinski definition) is 1. The van der Waals surface area contributed by atoms with Crippen LogP contribution in [0.2, 0.25) is 0 Å². The van der Waals surface area contributed by atoms with Gasteiger partial charge in [0.05, 0.1) is 0 Å². The normalized spacial score (nSPS) is 10.1. The maximum atomic E-state index is 5.65. The van der Waals surface area contributed by atoms with Crippen molar-refractivity contribution in [1.29, 1.82) is 0 Å². The van der Waals surface area contributed by atoms with Crippen molar-refractivity contribution >= 4 is 0 Å². The number of benzene rings is 1. The van der Waals surface area contributed by atoms with Crippen molar-refractivity contribution in [2.75, 3.05) is 20.2 Å². The van der Waals surface area contributed by atoms with E-state index in [4.69, 9.17) is 4.74 Å². The van der Waals surface area contributed by atoms with E-state index in [1.165, 1.54) is 11.1 Å². The molecule has 0 aromatic heterocycles. The second-order valence-electron chi connectivity index (χ2n) is 3.17. The van der Waals surface area contributed by atoms with Gasteiger partial charge in [0, 0.05) is 6.54 Å². The minimum Gasteiger partial charge on any atom is -0.492 e. The van der Waals surface area contributed by atoms with Crippen LogP contribution < -0.4 is 10.1 Å². The minimum atomic E-state index is 0.724. The first-order chi connectivity index (χ1) is 6.25. The van der Waals surface area contributed by atoms with Crippen LogP contribution in [-0.2, 0) is 0 Å². The van der Waals surface area contributed by atoms with Crippen LogP contribution in [0, 0.1) is 13.8 Å². The molecule has 1 N–H and O–H groups in total. The zero-order valence-corrected chi connectivity index (χ0v) is 8.55. The van der Waals surface area contributed by atoms with Crippen LogP contribution in [0.3, 0.4) is 0 Å². The Labute approximate surface area is 79.9 Å². The van der Waals surface area contributed by atoms with Gasteiger partial charge in [-0.2, -0.15) is 0 Å². The van der Waals surface area contributed by atoms with Crippen molar-refractivity contribution in [3.63, 3.8) is 0 Å². The number of rotatable bonds is 4. The van der Waals surface area contributed by atoms with Gasteiger partial charge < -0.3 is 10.1 Å². The molecule has 0 aliphatic heterocycles. The number of aryl methyl sites for hydroxylation is 2. The van der Waals surface area contributed by atoms with Crippen molar-refractivity contribution in [2.24, 2.45) is 0 Å². The van der Waals surface area contributed by atoms with Crippen LogP contribution in [0.25, 0.3) is 0 Å². The number of nitrogens with one attached hydrogen (secondary N) is 1. The molecular weight excluding hydrogens is 162 g/mol. The first-order valence-corrected chi connectivity index (χ1v) is 4.59. The predicted molar refractivity (Wildman–Crippen MR) is 55.3 cm³/mol. The van der Waals surface area contributed by atoms with Gasteiger partial charge in [-0.15, -0.1) is 0 Å². The first kappa shape index (κ1) is 10.1. The fourth-order valence-electron chi connectivity index (χ4n) is 1.28. The summed E-state index contributed by atoms with van der Waals surface area (Å²) in [5.41, 5.74) is 2.41. The van der Waals surface area contributed by atoms with Crippen molar-refractivity contribution in [3.05, 3.63) is 29.3 Å². The summed E-state index contributed by atoms with van der Waals surface area (Å²) in [6.07, 6.45) is 0. The zero-order chi connectivity index (χ0) is 9.68. The summed E-state index contributed by atoms with van der Waals surface area (Å²) in [6, 6.07) is 6.19. The Kier molecular flexibility index (Phi) is 3.77. The highest BCUT2D eigenvalue weighted by Gasteiger charge is 2.01. The largest absolute Gasteiger partial charge is 0.492 e. The predicted octanol–water partition coefficient (Wildman–Crippen LogP) is 1.90. The topological polar surface area (TPSA) is 21.3 Å². The highest BCUT2D eigenvalue weighted by Crippen LogP contribution is 2.21. The van der Waals surface area contributed by atoms with Gasteiger partial charge in [0.15, 0.2) is 0 Å². The summed E-state index contributed by atoms with van der Waals surface area (Å²) >= 11 is 0. The number of para-hydroxylation sites is 1. The molecular formula is C11H17NO. The molecule has 0 atom stereocenters. The van der Waals surface area contributed by atoms with Crippen LogP contribution in [0.1, 0.15) is 11.1 Å². The average Bonchev–Trinajstić information content (AvgIpc) is 2.10. The maximum Gasteiger partial charge on any atom is 0.125 e. The van der Waals surface area contributed by atoms with E-state index in [0.717, 1.165) is 18.9 Å². The van der Waals surface area contributed by atoms with E-state index in [-0.39, 0.29) is 0 Å².